The van der Waals surface area contributed by atoms with Crippen molar-refractivity contribution in [3.63, 3.8) is 0 Å². The van der Waals surface area contributed by atoms with E-state index >= 15 is 0 Å². The summed E-state index contributed by atoms with van der Waals surface area (Å²) in [5, 5.41) is 8.22. The number of amides is 2. The van der Waals surface area contributed by atoms with Crippen LogP contribution in [0.4, 0.5) is 5.69 Å². The summed E-state index contributed by atoms with van der Waals surface area (Å²) in [5.74, 6) is -0.281. The lowest BCUT2D eigenvalue weighted by atomic mass is 9.97. The lowest BCUT2D eigenvalue weighted by Crippen LogP contribution is -2.37. The van der Waals surface area contributed by atoms with Crippen LogP contribution in [-0.2, 0) is 17.8 Å². The number of benzene rings is 3. The third kappa shape index (κ3) is 7.60. The number of hydrogen-bond donors (Lipinski definition) is 1. The normalized spacial score (nSPS) is 15.8. The van der Waals surface area contributed by atoms with E-state index in [1.807, 2.05) is 35.2 Å². The largest absolute Gasteiger partial charge is 0.451 e. The average Bonchev–Trinajstić information content (AvgIpc) is 3.66. The lowest BCUT2D eigenvalue weighted by molar-refractivity contribution is -0.133. The molecule has 5 aromatic rings. The van der Waals surface area contributed by atoms with Gasteiger partial charge >= 0.3 is 0 Å². The number of nitrogens with one attached hydrogen (secondary N) is 1. The standard InChI is InChI=1S/C38H37ClN6O4/c39-29-10-8-26(9-11-29)19-30(42-38(48)36-22-34(46)32-21-31(12-13-35(32)49-36)45-25-40-24-41-45)20-27-14-17-43(18-15-27)33-6-2-1-5-28(33)23-44-16-4-3-7-37(44)47/h1-2,5-6,8-13,20-22,24-25,30H,3-4,7,14-19,23H2,(H,42,48)/t30-/m1/s1. The summed E-state index contributed by atoms with van der Waals surface area (Å²) in [5.41, 5.74) is 5.27. The summed E-state index contributed by atoms with van der Waals surface area (Å²) >= 11 is 6.15. The molecule has 2 aromatic heterocycles. The summed E-state index contributed by atoms with van der Waals surface area (Å²) < 4.78 is 7.49. The molecule has 11 heteroatoms. The van der Waals surface area contributed by atoms with E-state index in [9.17, 15) is 14.4 Å². The number of carbonyl (C=O) groups excluding carboxylic acids is 2. The highest BCUT2D eigenvalue weighted by Crippen LogP contribution is 2.29. The number of hydrogen-bond acceptors (Lipinski definition) is 7. The maximum absolute atomic E-state index is 13.6. The molecule has 3 aromatic carbocycles. The molecule has 0 saturated carbocycles. The van der Waals surface area contributed by atoms with Gasteiger partial charge in [-0.2, -0.15) is 5.10 Å². The molecule has 10 nitrogen and oxygen atoms in total. The molecule has 0 unspecified atom stereocenters. The molecule has 0 spiro atoms. The molecule has 2 aliphatic heterocycles. The summed E-state index contributed by atoms with van der Waals surface area (Å²) in [7, 11) is 0. The minimum absolute atomic E-state index is 0.0517. The highest BCUT2D eigenvalue weighted by atomic mass is 35.5. The number of piperidine rings is 2. The van der Waals surface area contributed by atoms with Crippen molar-refractivity contribution in [1.29, 1.82) is 0 Å². The van der Waals surface area contributed by atoms with E-state index in [0.29, 0.717) is 41.1 Å². The van der Waals surface area contributed by atoms with Gasteiger partial charge in [0.25, 0.3) is 5.91 Å². The Morgan fingerprint density at radius 1 is 0.959 bits per heavy atom. The number of carbonyl (C=O) groups is 2. The molecule has 49 heavy (non-hydrogen) atoms. The summed E-state index contributed by atoms with van der Waals surface area (Å²) in [6.45, 7) is 3.11. The van der Waals surface area contributed by atoms with Gasteiger partial charge in [-0.3, -0.25) is 14.4 Å². The smallest absolute Gasteiger partial charge is 0.287 e. The fourth-order valence-electron chi connectivity index (χ4n) is 6.68. The number of rotatable bonds is 9. The van der Waals surface area contributed by atoms with E-state index in [1.165, 1.54) is 29.2 Å². The molecule has 250 valence electrons. The molecule has 2 aliphatic rings. The van der Waals surface area contributed by atoms with Crippen molar-refractivity contribution < 1.29 is 14.0 Å². The average molecular weight is 677 g/mol. The summed E-state index contributed by atoms with van der Waals surface area (Å²) in [6.07, 6.45) is 9.98. The first-order valence-electron chi connectivity index (χ1n) is 16.7. The van der Waals surface area contributed by atoms with Crippen LogP contribution >= 0.6 is 11.6 Å². The van der Waals surface area contributed by atoms with Gasteiger partial charge in [-0.25, -0.2) is 9.67 Å². The predicted molar refractivity (Wildman–Crippen MR) is 189 cm³/mol. The van der Waals surface area contributed by atoms with E-state index in [2.05, 4.69) is 44.6 Å². The van der Waals surface area contributed by atoms with Crippen LogP contribution in [0.1, 0.15) is 53.8 Å². The quantitative estimate of drug-likeness (QED) is 0.188. The summed E-state index contributed by atoms with van der Waals surface area (Å²) in [6, 6.07) is 21.9. The van der Waals surface area contributed by atoms with Crippen molar-refractivity contribution >= 4 is 40.1 Å². The second-order valence-corrected chi connectivity index (χ2v) is 13.1. The Balaban J connectivity index is 1.08. The molecular weight excluding hydrogens is 640 g/mol. The van der Waals surface area contributed by atoms with Crippen LogP contribution in [-0.4, -0.2) is 57.2 Å². The third-order valence-electron chi connectivity index (χ3n) is 9.26. The number of nitrogens with zero attached hydrogens (tertiary/aromatic N) is 5. The Bertz CT molecular complexity index is 2050. The number of likely N-dealkylation sites (tertiary alicyclic amines) is 1. The second-order valence-electron chi connectivity index (χ2n) is 12.6. The van der Waals surface area contributed by atoms with Crippen molar-refractivity contribution in [3.8, 4) is 5.69 Å². The van der Waals surface area contributed by atoms with E-state index in [4.69, 9.17) is 16.0 Å². The van der Waals surface area contributed by atoms with Gasteiger partial charge in [-0.05, 0) is 79.6 Å². The molecule has 0 bridgehead atoms. The monoisotopic (exact) mass is 676 g/mol. The first-order chi connectivity index (χ1) is 23.9. The molecule has 2 amide bonds. The van der Waals surface area contributed by atoms with E-state index in [-0.39, 0.29) is 23.1 Å². The fraction of sp³-hybridized carbons (Fsp3) is 0.289. The zero-order valence-electron chi connectivity index (χ0n) is 27.1. The van der Waals surface area contributed by atoms with Gasteiger partial charge in [-0.1, -0.05) is 53.6 Å². The second kappa shape index (κ2) is 14.5. The highest BCUT2D eigenvalue weighted by molar-refractivity contribution is 6.30. The van der Waals surface area contributed by atoms with E-state index in [0.717, 1.165) is 50.9 Å². The Hall–Kier alpha value is -5.22. The molecule has 2 saturated heterocycles. The number of halogens is 1. The Morgan fingerprint density at radius 3 is 2.55 bits per heavy atom. The topological polar surface area (TPSA) is 114 Å². The van der Waals surface area contributed by atoms with Crippen molar-refractivity contribution in [1.82, 2.24) is 25.0 Å². The SMILES string of the molecule is O=C(N[C@@H](C=C1CCN(c2ccccc2CN2CCCCC2=O)CC1)Cc1ccc(Cl)cc1)c1cc(=O)c2cc(-n3cncn3)ccc2o1. The van der Waals surface area contributed by atoms with Crippen LogP contribution in [0.15, 0.2) is 106 Å². The first-order valence-corrected chi connectivity index (χ1v) is 17.1. The van der Waals surface area contributed by atoms with Gasteiger partial charge in [0.05, 0.1) is 17.1 Å². The van der Waals surface area contributed by atoms with Crippen molar-refractivity contribution in [2.75, 3.05) is 24.5 Å². The number of fused-ring (bicyclic) bond motifs is 1. The van der Waals surface area contributed by atoms with E-state index in [1.54, 1.807) is 29.2 Å². The van der Waals surface area contributed by atoms with E-state index < -0.39 is 5.91 Å². The molecule has 0 aliphatic carbocycles. The van der Waals surface area contributed by atoms with Gasteiger partial charge in [0.2, 0.25) is 5.91 Å². The highest BCUT2D eigenvalue weighted by Gasteiger charge is 2.23. The maximum Gasteiger partial charge on any atom is 0.287 e. The van der Waals surface area contributed by atoms with Crippen LogP contribution in [0.25, 0.3) is 16.7 Å². The van der Waals surface area contributed by atoms with Crippen LogP contribution in [0.5, 0.6) is 0 Å². The Morgan fingerprint density at radius 2 is 1.78 bits per heavy atom. The number of para-hydroxylation sites is 1. The van der Waals surface area contributed by atoms with Crippen LogP contribution in [0.2, 0.25) is 5.02 Å². The van der Waals surface area contributed by atoms with Crippen LogP contribution in [0.3, 0.4) is 0 Å². The molecule has 2 fully saturated rings. The van der Waals surface area contributed by atoms with Crippen molar-refractivity contribution in [2.45, 2.75) is 51.1 Å². The Labute approximate surface area is 289 Å². The predicted octanol–water partition coefficient (Wildman–Crippen LogP) is 6.11. The minimum Gasteiger partial charge on any atom is -0.451 e. The molecular formula is C38H37ClN6O4. The number of aromatic nitrogens is 3. The fourth-order valence-corrected chi connectivity index (χ4v) is 6.81. The molecule has 1 atom stereocenters. The molecule has 1 N–H and O–H groups in total. The molecule has 7 rings (SSSR count). The zero-order chi connectivity index (χ0) is 33.7. The Kier molecular flexibility index (Phi) is 9.56. The van der Waals surface area contributed by atoms with Crippen molar-refractivity contribution in [3.05, 3.63) is 129 Å². The van der Waals surface area contributed by atoms with Gasteiger partial charge < -0.3 is 19.5 Å². The molecule has 4 heterocycles. The first kappa shape index (κ1) is 32.3. The third-order valence-corrected chi connectivity index (χ3v) is 9.51. The van der Waals surface area contributed by atoms with Crippen LogP contribution < -0.4 is 15.6 Å². The lowest BCUT2D eigenvalue weighted by Gasteiger charge is -2.34. The number of anilines is 1. The summed E-state index contributed by atoms with van der Waals surface area (Å²) in [4.78, 5) is 47.6. The zero-order valence-corrected chi connectivity index (χ0v) is 27.8. The maximum atomic E-state index is 13.6. The minimum atomic E-state index is -0.464. The van der Waals surface area contributed by atoms with Gasteiger partial charge in [0.1, 0.15) is 18.2 Å². The van der Waals surface area contributed by atoms with Crippen molar-refractivity contribution in [2.24, 2.45) is 0 Å². The molecule has 0 radical (unpaired) electrons. The van der Waals surface area contributed by atoms with Gasteiger partial charge in [0.15, 0.2) is 11.2 Å². The van der Waals surface area contributed by atoms with Crippen LogP contribution in [0, 0.1) is 0 Å². The van der Waals surface area contributed by atoms with Gasteiger partial charge in [0, 0.05) is 49.4 Å². The van der Waals surface area contributed by atoms with Gasteiger partial charge in [-0.15, -0.1) is 0 Å².